The Bertz CT molecular complexity index is 459. The second-order valence-electron chi connectivity index (χ2n) is 5.67. The summed E-state index contributed by atoms with van der Waals surface area (Å²) < 4.78 is 0. The van der Waals surface area contributed by atoms with Crippen molar-refractivity contribution in [3.8, 4) is 0 Å². The van der Waals surface area contributed by atoms with Gasteiger partial charge in [0.1, 0.15) is 0 Å². The molecular formula is C19H31NSi2. The van der Waals surface area contributed by atoms with E-state index >= 15 is 0 Å². The van der Waals surface area contributed by atoms with E-state index in [1.807, 2.05) is 6.07 Å². The third-order valence-corrected chi connectivity index (χ3v) is 6.93. The highest BCUT2D eigenvalue weighted by atomic mass is 28.2. The van der Waals surface area contributed by atoms with Gasteiger partial charge in [0.15, 0.2) is 0 Å². The van der Waals surface area contributed by atoms with Gasteiger partial charge in [-0.15, -0.1) is 0 Å². The first-order valence-corrected chi connectivity index (χ1v) is 12.1. The second-order valence-corrected chi connectivity index (χ2v) is 9.59. The summed E-state index contributed by atoms with van der Waals surface area (Å²) in [7, 11) is -0.0626. The lowest BCUT2D eigenvalue weighted by molar-refractivity contribution is 0.701. The van der Waals surface area contributed by atoms with Crippen molar-refractivity contribution in [1.29, 1.82) is 0 Å². The van der Waals surface area contributed by atoms with Crippen LogP contribution in [0.1, 0.15) is 32.6 Å². The van der Waals surface area contributed by atoms with Crippen LogP contribution >= 0.6 is 0 Å². The van der Waals surface area contributed by atoms with Crippen LogP contribution in [-0.4, -0.2) is 25.2 Å². The molecule has 0 spiro atoms. The van der Waals surface area contributed by atoms with Crippen LogP contribution in [0.2, 0.25) is 6.04 Å². The molecule has 22 heavy (non-hydrogen) atoms. The van der Waals surface area contributed by atoms with Crippen molar-refractivity contribution in [2.24, 2.45) is 5.73 Å². The van der Waals surface area contributed by atoms with Crippen molar-refractivity contribution in [3.05, 3.63) is 60.7 Å². The highest BCUT2D eigenvalue weighted by molar-refractivity contribution is 6.53. The maximum atomic E-state index is 5.42. The zero-order chi connectivity index (χ0) is 15.9. The van der Waals surface area contributed by atoms with Gasteiger partial charge in [0, 0.05) is 0 Å². The van der Waals surface area contributed by atoms with E-state index in [0.29, 0.717) is 0 Å². The normalized spacial score (nSPS) is 11.0. The molecule has 0 aliphatic rings. The summed E-state index contributed by atoms with van der Waals surface area (Å²) >= 11 is 0. The second kappa shape index (κ2) is 13.5. The molecule has 0 aliphatic carbocycles. The average Bonchev–Trinajstić information content (AvgIpc) is 2.58. The predicted octanol–water partition coefficient (Wildman–Crippen LogP) is 1.88. The summed E-state index contributed by atoms with van der Waals surface area (Å²) in [5.74, 6) is 0. The maximum Gasteiger partial charge on any atom is 0.0697 e. The standard InChI is InChI=1S/C12H20Si.C7H11NSi/c1-2-3-4-8-11-13-12-9-6-5-7-10-12;8-6-9-7-4-2-1-3-5-7/h5-7,9-10H,2-4,8,11,13H2,1H3;1-5H,6,8-9H2. The maximum absolute atomic E-state index is 5.42. The topological polar surface area (TPSA) is 26.0 Å². The first-order valence-electron chi connectivity index (χ1n) is 8.64. The molecule has 3 heteroatoms. The monoisotopic (exact) mass is 329 g/mol. The van der Waals surface area contributed by atoms with Crippen molar-refractivity contribution in [2.75, 3.05) is 6.17 Å². The van der Waals surface area contributed by atoms with Crippen molar-refractivity contribution in [1.82, 2.24) is 0 Å². The van der Waals surface area contributed by atoms with E-state index < -0.39 is 0 Å². The van der Waals surface area contributed by atoms with E-state index in [2.05, 4.69) is 61.5 Å². The van der Waals surface area contributed by atoms with Gasteiger partial charge in [-0.25, -0.2) is 0 Å². The summed E-state index contributed by atoms with van der Waals surface area (Å²) in [6, 6.07) is 23.0. The highest BCUT2D eigenvalue weighted by Crippen LogP contribution is 2.01. The molecule has 2 aromatic rings. The Kier molecular flexibility index (Phi) is 11.6. The van der Waals surface area contributed by atoms with E-state index in [1.54, 1.807) is 5.19 Å². The van der Waals surface area contributed by atoms with Gasteiger partial charge in [0.25, 0.3) is 0 Å². The summed E-state index contributed by atoms with van der Waals surface area (Å²) in [6.07, 6.45) is 6.55. The van der Waals surface area contributed by atoms with Gasteiger partial charge in [-0.2, -0.15) is 0 Å². The lowest BCUT2D eigenvalue weighted by Gasteiger charge is -1.99. The van der Waals surface area contributed by atoms with Crippen LogP contribution in [0.15, 0.2) is 60.7 Å². The van der Waals surface area contributed by atoms with E-state index in [9.17, 15) is 0 Å². The van der Waals surface area contributed by atoms with Crippen molar-refractivity contribution in [2.45, 2.75) is 38.7 Å². The van der Waals surface area contributed by atoms with Gasteiger partial charge in [-0.3, -0.25) is 0 Å². The van der Waals surface area contributed by atoms with Crippen LogP contribution in [0.5, 0.6) is 0 Å². The molecule has 0 amide bonds. The number of hydrogen-bond donors (Lipinski definition) is 1. The minimum absolute atomic E-state index is 0.0606. The molecule has 1 nitrogen and oxygen atoms in total. The number of benzene rings is 2. The molecule has 0 heterocycles. The zero-order valence-corrected chi connectivity index (χ0v) is 16.8. The molecule has 2 N–H and O–H groups in total. The molecular weight excluding hydrogens is 298 g/mol. The van der Waals surface area contributed by atoms with Crippen LogP contribution in [0.25, 0.3) is 0 Å². The minimum Gasteiger partial charge on any atom is -0.333 e. The first-order chi connectivity index (χ1) is 10.9. The van der Waals surface area contributed by atoms with Gasteiger partial charge in [0.2, 0.25) is 0 Å². The Balaban J connectivity index is 0.000000235. The Morgan fingerprint density at radius 1 is 0.727 bits per heavy atom. The largest absolute Gasteiger partial charge is 0.333 e. The minimum atomic E-state index is -0.123. The number of hydrogen-bond acceptors (Lipinski definition) is 1. The molecule has 0 radical (unpaired) electrons. The Morgan fingerprint density at radius 2 is 1.27 bits per heavy atom. The quantitative estimate of drug-likeness (QED) is 0.581. The van der Waals surface area contributed by atoms with Crippen LogP contribution in [0.4, 0.5) is 0 Å². The lowest BCUT2D eigenvalue weighted by Crippen LogP contribution is -2.22. The van der Waals surface area contributed by atoms with Crippen molar-refractivity contribution >= 4 is 29.4 Å². The smallest absolute Gasteiger partial charge is 0.0697 e. The summed E-state index contributed by atoms with van der Waals surface area (Å²) in [5.41, 5.74) is 5.42. The van der Waals surface area contributed by atoms with Gasteiger partial charge in [0.05, 0.1) is 19.0 Å². The first kappa shape index (κ1) is 18.9. The van der Waals surface area contributed by atoms with Gasteiger partial charge >= 0.3 is 0 Å². The van der Waals surface area contributed by atoms with Crippen LogP contribution in [0.3, 0.4) is 0 Å². The van der Waals surface area contributed by atoms with E-state index in [0.717, 1.165) is 6.17 Å². The summed E-state index contributed by atoms with van der Waals surface area (Å²) in [4.78, 5) is 0. The molecule has 2 aromatic carbocycles. The molecule has 0 saturated heterocycles. The van der Waals surface area contributed by atoms with Crippen molar-refractivity contribution < 1.29 is 0 Å². The SMILES string of the molecule is CCCCCC[SiH2]c1ccccc1.NC[SiH2]c1ccccc1. The third-order valence-electron chi connectivity index (χ3n) is 3.69. The molecule has 0 aliphatic heterocycles. The molecule has 0 bridgehead atoms. The fraction of sp³-hybridized carbons (Fsp3) is 0.368. The Morgan fingerprint density at radius 3 is 1.77 bits per heavy atom. The van der Waals surface area contributed by atoms with Gasteiger partial charge in [-0.1, -0.05) is 110 Å². The van der Waals surface area contributed by atoms with Crippen LogP contribution < -0.4 is 16.1 Å². The van der Waals surface area contributed by atoms with Crippen LogP contribution in [-0.2, 0) is 0 Å². The zero-order valence-electron chi connectivity index (χ0n) is 14.0. The molecule has 0 aromatic heterocycles. The molecule has 0 saturated carbocycles. The molecule has 0 atom stereocenters. The highest BCUT2D eigenvalue weighted by Gasteiger charge is 1.92. The van der Waals surface area contributed by atoms with Crippen LogP contribution in [0, 0.1) is 0 Å². The fourth-order valence-corrected chi connectivity index (χ4v) is 4.94. The lowest BCUT2D eigenvalue weighted by atomic mass is 10.2. The fourth-order valence-electron chi connectivity index (χ4n) is 2.39. The van der Waals surface area contributed by atoms with Gasteiger partial charge in [-0.05, 0) is 6.17 Å². The molecule has 0 unspecified atom stereocenters. The number of nitrogens with two attached hydrogens (primary N) is 1. The predicted molar refractivity (Wildman–Crippen MR) is 107 cm³/mol. The van der Waals surface area contributed by atoms with Gasteiger partial charge < -0.3 is 5.73 Å². The summed E-state index contributed by atoms with van der Waals surface area (Å²) in [5, 5.41) is 3.08. The Labute approximate surface area is 141 Å². The number of unbranched alkanes of at least 4 members (excludes halogenated alkanes) is 3. The third kappa shape index (κ3) is 9.71. The number of rotatable bonds is 8. The molecule has 0 fully saturated rings. The molecule has 2 rings (SSSR count). The summed E-state index contributed by atoms with van der Waals surface area (Å²) in [6.45, 7) is 2.27. The molecule has 120 valence electrons. The van der Waals surface area contributed by atoms with Crippen molar-refractivity contribution in [3.63, 3.8) is 0 Å². The van der Waals surface area contributed by atoms with E-state index in [4.69, 9.17) is 5.73 Å². The van der Waals surface area contributed by atoms with E-state index in [-0.39, 0.29) is 19.0 Å². The Hall–Kier alpha value is -1.17. The average molecular weight is 330 g/mol. The van der Waals surface area contributed by atoms with E-state index in [1.165, 1.54) is 36.9 Å².